The third kappa shape index (κ3) is 2.40. The summed E-state index contributed by atoms with van der Waals surface area (Å²) in [5, 5.41) is 19.9. The van der Waals surface area contributed by atoms with Crippen LogP contribution in [0, 0.1) is 47.3 Å². The second-order valence-electron chi connectivity index (χ2n) is 9.51. The normalized spacial score (nSPS) is 50.0. The molecule has 6 heteroatoms. The van der Waals surface area contributed by atoms with Gasteiger partial charge in [-0.25, -0.2) is 0 Å². The number of allylic oxidation sites excluding steroid dienone is 4. The fourth-order valence-corrected chi connectivity index (χ4v) is 6.83. The van der Waals surface area contributed by atoms with Crippen LogP contribution in [-0.4, -0.2) is 58.4 Å². The van der Waals surface area contributed by atoms with E-state index in [0.717, 1.165) is 25.7 Å². The van der Waals surface area contributed by atoms with Crippen LogP contribution < -0.4 is 0 Å². The van der Waals surface area contributed by atoms with Crippen molar-refractivity contribution in [1.82, 2.24) is 9.80 Å². The first-order valence-corrected chi connectivity index (χ1v) is 10.7. The van der Waals surface area contributed by atoms with Crippen LogP contribution in [0.5, 0.6) is 0 Å². The smallest absolute Gasteiger partial charge is 0.228 e. The van der Waals surface area contributed by atoms with Crippen molar-refractivity contribution in [2.45, 2.75) is 38.1 Å². The van der Waals surface area contributed by atoms with Crippen molar-refractivity contribution in [3.8, 4) is 0 Å². The highest BCUT2D eigenvalue weighted by Gasteiger charge is 2.56. The standard InChI is InChI=1S/2C11H15NO2/c2*1-12-10(13)8-6-2-3-7(5-4-6)9(8)11(12)14/h2*2-3,6-10,13H,4-5H2,1H3/t2*6-,7+,8-,9+,10-/m10/s1. The van der Waals surface area contributed by atoms with Crippen molar-refractivity contribution in [3.63, 3.8) is 0 Å². The maximum absolute atomic E-state index is 11.9. The van der Waals surface area contributed by atoms with E-state index in [0.29, 0.717) is 23.7 Å². The third-order valence-electron chi connectivity index (χ3n) is 8.37. The van der Waals surface area contributed by atoms with E-state index in [4.69, 9.17) is 0 Å². The fraction of sp³-hybridized carbons (Fsp3) is 0.727. The molecule has 6 aliphatic carbocycles. The topological polar surface area (TPSA) is 81.1 Å². The number of aliphatic hydroxyl groups excluding tert-OH is 2. The van der Waals surface area contributed by atoms with Crippen LogP contribution in [0.25, 0.3) is 0 Å². The first-order valence-electron chi connectivity index (χ1n) is 10.7. The second kappa shape index (κ2) is 6.42. The molecular weight excluding hydrogens is 356 g/mol. The number of carbonyl (C=O) groups excluding carboxylic acids is 2. The van der Waals surface area contributed by atoms with E-state index in [2.05, 4.69) is 24.3 Å². The van der Waals surface area contributed by atoms with Gasteiger partial charge in [0, 0.05) is 25.9 Å². The molecular formula is C22H30N2O4. The molecule has 2 N–H and O–H groups in total. The molecule has 0 aromatic carbocycles. The number of hydrogen-bond acceptors (Lipinski definition) is 4. The number of carbonyl (C=O) groups is 2. The lowest BCUT2D eigenvalue weighted by Gasteiger charge is -2.40. The minimum atomic E-state index is -0.551. The van der Waals surface area contributed by atoms with Crippen LogP contribution in [0.1, 0.15) is 25.7 Å². The Labute approximate surface area is 165 Å². The number of nitrogens with zero attached hydrogens (tertiary/aromatic N) is 2. The van der Waals surface area contributed by atoms with E-state index in [1.165, 1.54) is 9.80 Å². The van der Waals surface area contributed by atoms with Gasteiger partial charge in [0.05, 0.1) is 11.8 Å². The van der Waals surface area contributed by atoms with Gasteiger partial charge >= 0.3 is 0 Å². The molecule has 10 atom stereocenters. The Morgan fingerprint density at radius 1 is 0.679 bits per heavy atom. The summed E-state index contributed by atoms with van der Waals surface area (Å²) < 4.78 is 0. The summed E-state index contributed by atoms with van der Waals surface area (Å²) in [6, 6.07) is 0. The predicted molar refractivity (Wildman–Crippen MR) is 102 cm³/mol. The zero-order chi connectivity index (χ0) is 19.7. The molecule has 8 aliphatic rings. The van der Waals surface area contributed by atoms with Crippen molar-refractivity contribution in [2.75, 3.05) is 14.1 Å². The molecule has 152 valence electrons. The van der Waals surface area contributed by atoms with Gasteiger partial charge in [0.1, 0.15) is 12.5 Å². The van der Waals surface area contributed by atoms with Crippen LogP contribution in [0.3, 0.4) is 0 Å². The van der Waals surface area contributed by atoms with Gasteiger partial charge in [-0.05, 0) is 49.4 Å². The summed E-state index contributed by atoms with van der Waals surface area (Å²) >= 11 is 0. The van der Waals surface area contributed by atoms with Crippen LogP contribution in [0.4, 0.5) is 0 Å². The molecule has 2 saturated heterocycles. The molecule has 0 aromatic heterocycles. The van der Waals surface area contributed by atoms with Crippen molar-refractivity contribution >= 4 is 11.8 Å². The number of aliphatic hydroxyl groups is 2. The largest absolute Gasteiger partial charge is 0.373 e. The van der Waals surface area contributed by atoms with E-state index in [1.54, 1.807) is 14.1 Å². The van der Waals surface area contributed by atoms with Crippen LogP contribution in [0.2, 0.25) is 0 Å². The zero-order valence-electron chi connectivity index (χ0n) is 16.5. The Balaban J connectivity index is 0.000000122. The monoisotopic (exact) mass is 386 g/mol. The molecule has 2 aliphatic heterocycles. The number of rotatable bonds is 0. The lowest BCUT2D eigenvalue weighted by molar-refractivity contribution is -0.135. The van der Waals surface area contributed by atoms with Crippen LogP contribution >= 0.6 is 0 Å². The lowest BCUT2D eigenvalue weighted by atomic mass is 9.63. The van der Waals surface area contributed by atoms with Crippen molar-refractivity contribution in [1.29, 1.82) is 0 Å². The molecule has 0 spiro atoms. The van der Waals surface area contributed by atoms with Crippen molar-refractivity contribution < 1.29 is 19.8 Å². The van der Waals surface area contributed by atoms with Gasteiger partial charge in [-0.2, -0.15) is 0 Å². The molecule has 4 bridgehead atoms. The van der Waals surface area contributed by atoms with Gasteiger partial charge in [0.2, 0.25) is 11.8 Å². The van der Waals surface area contributed by atoms with E-state index in [-0.39, 0.29) is 35.5 Å². The minimum absolute atomic E-state index is 0.0683. The average Bonchev–Trinajstić information content (AvgIpc) is 3.13. The summed E-state index contributed by atoms with van der Waals surface area (Å²) in [7, 11) is 3.43. The van der Waals surface area contributed by atoms with Gasteiger partial charge in [-0.3, -0.25) is 9.59 Å². The fourth-order valence-electron chi connectivity index (χ4n) is 6.83. The van der Waals surface area contributed by atoms with Crippen molar-refractivity contribution in [2.24, 2.45) is 47.3 Å². The Hall–Kier alpha value is -1.66. The Morgan fingerprint density at radius 3 is 1.29 bits per heavy atom. The van der Waals surface area contributed by atoms with Crippen LogP contribution in [0.15, 0.2) is 24.3 Å². The van der Waals surface area contributed by atoms with E-state index >= 15 is 0 Å². The molecule has 2 amide bonds. The highest BCUT2D eigenvalue weighted by molar-refractivity contribution is 5.83. The Morgan fingerprint density at radius 2 is 1.00 bits per heavy atom. The van der Waals surface area contributed by atoms with E-state index in [9.17, 15) is 19.8 Å². The predicted octanol–water partition coefficient (Wildman–Crippen LogP) is 1.21. The first kappa shape index (κ1) is 18.4. The zero-order valence-corrected chi connectivity index (χ0v) is 16.5. The number of fused-ring (bicyclic) bond motifs is 2. The summed E-state index contributed by atoms with van der Waals surface area (Å²) in [5.41, 5.74) is 0. The molecule has 0 unspecified atom stereocenters. The molecule has 2 saturated carbocycles. The quantitative estimate of drug-likeness (QED) is 0.613. The second-order valence-corrected chi connectivity index (χ2v) is 9.51. The van der Waals surface area contributed by atoms with Crippen LogP contribution in [-0.2, 0) is 9.59 Å². The number of likely N-dealkylation sites (tertiary alicyclic amines) is 2. The summed E-state index contributed by atoms with van der Waals surface area (Å²) in [6.45, 7) is 0. The molecule has 0 aromatic rings. The maximum Gasteiger partial charge on any atom is 0.228 e. The first-order chi connectivity index (χ1) is 13.4. The molecule has 4 fully saturated rings. The molecule has 28 heavy (non-hydrogen) atoms. The molecule has 0 radical (unpaired) electrons. The third-order valence-corrected chi connectivity index (χ3v) is 8.37. The Bertz CT molecular complexity index is 687. The maximum atomic E-state index is 11.9. The number of hydrogen-bond donors (Lipinski definition) is 2. The average molecular weight is 386 g/mol. The lowest BCUT2D eigenvalue weighted by Crippen LogP contribution is -2.39. The summed E-state index contributed by atoms with van der Waals surface area (Å²) in [6.07, 6.45) is 12.2. The Kier molecular flexibility index (Phi) is 4.22. The van der Waals surface area contributed by atoms with Gasteiger partial charge < -0.3 is 20.0 Å². The molecule has 6 nitrogen and oxygen atoms in total. The van der Waals surface area contributed by atoms with Gasteiger partial charge in [0.15, 0.2) is 0 Å². The summed E-state index contributed by atoms with van der Waals surface area (Å²) in [4.78, 5) is 26.8. The van der Waals surface area contributed by atoms with Crippen molar-refractivity contribution in [3.05, 3.63) is 24.3 Å². The molecule has 2 heterocycles. The van der Waals surface area contributed by atoms with Gasteiger partial charge in [-0.15, -0.1) is 0 Å². The SMILES string of the molecule is CN1C(=O)[C@@H]2[C@@H]([C@@H]3C=C[C@H]2CC3)[C@H]1O.CN1C(=O)[C@H]2[C@H]([C@H]3C=C[C@@H]2CC3)[C@@H]1O. The number of amides is 2. The van der Waals surface area contributed by atoms with E-state index in [1.807, 2.05) is 0 Å². The highest BCUT2D eigenvalue weighted by Crippen LogP contribution is 2.51. The minimum Gasteiger partial charge on any atom is -0.373 e. The molecule has 8 rings (SSSR count). The van der Waals surface area contributed by atoms with E-state index < -0.39 is 12.5 Å². The highest BCUT2D eigenvalue weighted by atomic mass is 16.3. The summed E-state index contributed by atoms with van der Waals surface area (Å²) in [5.74, 6) is 2.37. The van der Waals surface area contributed by atoms with Gasteiger partial charge in [0.25, 0.3) is 0 Å². The van der Waals surface area contributed by atoms with Gasteiger partial charge in [-0.1, -0.05) is 24.3 Å².